The van der Waals surface area contributed by atoms with Crippen LogP contribution in [0.3, 0.4) is 0 Å². The van der Waals surface area contributed by atoms with Crippen molar-refractivity contribution in [2.75, 3.05) is 26.7 Å². The molecule has 0 bridgehead atoms. The van der Waals surface area contributed by atoms with Gasteiger partial charge in [-0.2, -0.15) is 0 Å². The van der Waals surface area contributed by atoms with Gasteiger partial charge in [0.1, 0.15) is 5.54 Å². The zero-order valence-corrected chi connectivity index (χ0v) is 17.1. The zero-order valence-electron chi connectivity index (χ0n) is 17.1. The van der Waals surface area contributed by atoms with E-state index in [1.165, 1.54) is 10.6 Å². The Bertz CT molecular complexity index is 698. The molecule has 0 spiro atoms. The second-order valence-electron chi connectivity index (χ2n) is 7.13. The van der Waals surface area contributed by atoms with Crippen LogP contribution in [-0.4, -0.2) is 64.5 Å². The monoisotopic (exact) mass is 376 g/mol. The summed E-state index contributed by atoms with van der Waals surface area (Å²) in [7, 11) is 4.02. The SMILES string of the molecule is CCNC(=NCCCN1C(=O)NC(C)(CC)C1=O)N(C)Cc1cccn1C. The molecule has 150 valence electrons. The number of hydrogen-bond donors (Lipinski definition) is 2. The lowest BCUT2D eigenvalue weighted by Gasteiger charge is -2.22. The highest BCUT2D eigenvalue weighted by Crippen LogP contribution is 2.20. The molecule has 1 aliphatic heterocycles. The van der Waals surface area contributed by atoms with Gasteiger partial charge in [0.2, 0.25) is 0 Å². The summed E-state index contributed by atoms with van der Waals surface area (Å²) in [5.41, 5.74) is 0.422. The van der Waals surface area contributed by atoms with Crippen molar-refractivity contribution in [2.24, 2.45) is 12.0 Å². The van der Waals surface area contributed by atoms with Gasteiger partial charge < -0.3 is 20.1 Å². The number of aromatic nitrogens is 1. The maximum Gasteiger partial charge on any atom is 0.325 e. The fraction of sp³-hybridized carbons (Fsp3) is 0.632. The van der Waals surface area contributed by atoms with Crippen molar-refractivity contribution in [3.8, 4) is 0 Å². The molecule has 3 amide bonds. The number of carbonyl (C=O) groups excluding carboxylic acids is 2. The van der Waals surface area contributed by atoms with Crippen LogP contribution in [0.1, 0.15) is 39.3 Å². The highest BCUT2D eigenvalue weighted by atomic mass is 16.2. The van der Waals surface area contributed by atoms with E-state index in [4.69, 9.17) is 0 Å². The van der Waals surface area contributed by atoms with E-state index in [2.05, 4.69) is 31.2 Å². The number of rotatable bonds is 8. The van der Waals surface area contributed by atoms with E-state index in [9.17, 15) is 9.59 Å². The molecule has 1 aliphatic rings. The number of carbonyl (C=O) groups is 2. The first-order valence-electron chi connectivity index (χ1n) is 9.56. The Morgan fingerprint density at radius 1 is 1.37 bits per heavy atom. The lowest BCUT2D eigenvalue weighted by atomic mass is 9.99. The van der Waals surface area contributed by atoms with Gasteiger partial charge in [-0.05, 0) is 38.8 Å². The fourth-order valence-electron chi connectivity index (χ4n) is 3.05. The molecule has 1 fully saturated rings. The lowest BCUT2D eigenvalue weighted by molar-refractivity contribution is -0.130. The van der Waals surface area contributed by atoms with Crippen molar-refractivity contribution < 1.29 is 9.59 Å². The summed E-state index contributed by atoms with van der Waals surface area (Å²) in [5, 5.41) is 6.07. The summed E-state index contributed by atoms with van der Waals surface area (Å²) in [5.74, 6) is 0.668. The number of aryl methyl sites for hydroxylation is 1. The standard InChI is InChI=1S/C19H32N6O2/c1-6-19(3)16(26)25(18(27)22-19)13-9-11-21-17(20-7-2)24(5)14-15-10-8-12-23(15)4/h8,10,12H,6-7,9,11,13-14H2,1-5H3,(H,20,21)(H,22,27). The minimum Gasteiger partial charge on any atom is -0.357 e. The molecule has 0 aliphatic carbocycles. The second-order valence-corrected chi connectivity index (χ2v) is 7.13. The molecule has 1 aromatic rings. The van der Waals surface area contributed by atoms with Gasteiger partial charge in [0.05, 0.1) is 6.54 Å². The first-order chi connectivity index (χ1) is 12.8. The molecule has 1 atom stereocenters. The number of urea groups is 1. The summed E-state index contributed by atoms with van der Waals surface area (Å²) >= 11 is 0. The van der Waals surface area contributed by atoms with Gasteiger partial charge in [-0.25, -0.2) is 4.79 Å². The normalized spacial score (nSPS) is 20.2. The number of guanidine groups is 1. The summed E-state index contributed by atoms with van der Waals surface area (Å²) < 4.78 is 2.09. The molecule has 2 rings (SSSR count). The van der Waals surface area contributed by atoms with Crippen LogP contribution in [0.25, 0.3) is 0 Å². The second kappa shape index (κ2) is 8.92. The van der Waals surface area contributed by atoms with Crippen molar-refractivity contribution in [2.45, 2.75) is 45.7 Å². The molecule has 1 unspecified atom stereocenters. The molecular formula is C19H32N6O2. The van der Waals surface area contributed by atoms with E-state index in [0.717, 1.165) is 19.0 Å². The van der Waals surface area contributed by atoms with Crippen LogP contribution in [0.2, 0.25) is 0 Å². The number of nitrogens with zero attached hydrogens (tertiary/aromatic N) is 4. The third kappa shape index (κ3) is 4.81. The average Bonchev–Trinajstić information content (AvgIpc) is 3.13. The third-order valence-corrected chi connectivity index (χ3v) is 5.00. The fourth-order valence-corrected chi connectivity index (χ4v) is 3.05. The molecule has 0 saturated carbocycles. The summed E-state index contributed by atoms with van der Waals surface area (Å²) in [6, 6.07) is 3.80. The van der Waals surface area contributed by atoms with Gasteiger partial charge >= 0.3 is 6.03 Å². The Morgan fingerprint density at radius 2 is 2.11 bits per heavy atom. The maximum absolute atomic E-state index is 12.4. The Balaban J connectivity index is 1.91. The quantitative estimate of drug-likeness (QED) is 0.312. The number of hydrogen-bond acceptors (Lipinski definition) is 3. The highest BCUT2D eigenvalue weighted by Gasteiger charge is 2.45. The topological polar surface area (TPSA) is 82.0 Å². The van der Waals surface area contributed by atoms with Crippen molar-refractivity contribution >= 4 is 17.9 Å². The first-order valence-corrected chi connectivity index (χ1v) is 9.56. The first kappa shape index (κ1) is 20.8. The van der Waals surface area contributed by atoms with Crippen molar-refractivity contribution in [1.82, 2.24) is 25.0 Å². The lowest BCUT2D eigenvalue weighted by Crippen LogP contribution is -2.43. The van der Waals surface area contributed by atoms with Gasteiger partial charge in [0.25, 0.3) is 5.91 Å². The van der Waals surface area contributed by atoms with E-state index < -0.39 is 5.54 Å². The van der Waals surface area contributed by atoms with Crippen LogP contribution in [0.5, 0.6) is 0 Å². The maximum atomic E-state index is 12.4. The average molecular weight is 377 g/mol. The van der Waals surface area contributed by atoms with E-state index in [0.29, 0.717) is 25.9 Å². The van der Waals surface area contributed by atoms with E-state index in [-0.39, 0.29) is 11.9 Å². The van der Waals surface area contributed by atoms with Crippen molar-refractivity contribution in [3.63, 3.8) is 0 Å². The Hall–Kier alpha value is -2.51. The largest absolute Gasteiger partial charge is 0.357 e. The molecule has 2 N–H and O–H groups in total. The number of imide groups is 1. The summed E-state index contributed by atoms with van der Waals surface area (Å²) in [6.07, 6.45) is 3.24. The van der Waals surface area contributed by atoms with E-state index in [1.807, 2.05) is 40.2 Å². The van der Waals surface area contributed by atoms with Gasteiger partial charge in [0, 0.05) is 45.6 Å². The molecule has 27 heavy (non-hydrogen) atoms. The van der Waals surface area contributed by atoms with Crippen LogP contribution >= 0.6 is 0 Å². The van der Waals surface area contributed by atoms with E-state index in [1.54, 1.807) is 6.92 Å². The predicted octanol–water partition coefficient (Wildman–Crippen LogP) is 1.53. The van der Waals surface area contributed by atoms with Gasteiger partial charge in [-0.15, -0.1) is 0 Å². The Labute approximate surface area is 161 Å². The Kier molecular flexibility index (Phi) is 6.87. The molecule has 1 saturated heterocycles. The van der Waals surface area contributed by atoms with Crippen LogP contribution in [-0.2, 0) is 18.4 Å². The number of amides is 3. The molecule has 8 nitrogen and oxygen atoms in total. The van der Waals surface area contributed by atoms with Crippen LogP contribution in [0, 0.1) is 0 Å². The molecular weight excluding hydrogens is 344 g/mol. The summed E-state index contributed by atoms with van der Waals surface area (Å²) in [4.78, 5) is 32.5. The predicted molar refractivity (Wildman–Crippen MR) is 106 cm³/mol. The van der Waals surface area contributed by atoms with Crippen LogP contribution < -0.4 is 10.6 Å². The molecule has 1 aromatic heterocycles. The number of aliphatic imine (C=N–C) groups is 1. The molecule has 2 heterocycles. The van der Waals surface area contributed by atoms with E-state index >= 15 is 0 Å². The smallest absolute Gasteiger partial charge is 0.325 e. The molecule has 8 heteroatoms. The minimum atomic E-state index is -0.773. The minimum absolute atomic E-state index is 0.147. The molecule has 0 aromatic carbocycles. The molecule has 0 radical (unpaired) electrons. The Morgan fingerprint density at radius 3 is 2.67 bits per heavy atom. The van der Waals surface area contributed by atoms with Crippen LogP contribution in [0.4, 0.5) is 4.79 Å². The zero-order chi connectivity index (χ0) is 20.0. The van der Waals surface area contributed by atoms with Crippen LogP contribution in [0.15, 0.2) is 23.3 Å². The van der Waals surface area contributed by atoms with Gasteiger partial charge in [-0.1, -0.05) is 6.92 Å². The highest BCUT2D eigenvalue weighted by molar-refractivity contribution is 6.06. The number of nitrogens with one attached hydrogen (secondary N) is 2. The van der Waals surface area contributed by atoms with Crippen molar-refractivity contribution in [3.05, 3.63) is 24.0 Å². The van der Waals surface area contributed by atoms with Gasteiger partial charge in [0.15, 0.2) is 5.96 Å². The van der Waals surface area contributed by atoms with Crippen molar-refractivity contribution in [1.29, 1.82) is 0 Å². The van der Waals surface area contributed by atoms with Gasteiger partial charge in [-0.3, -0.25) is 14.7 Å². The summed E-state index contributed by atoms with van der Waals surface area (Å²) in [6.45, 7) is 8.15. The third-order valence-electron chi connectivity index (χ3n) is 5.00.